The van der Waals surface area contributed by atoms with E-state index < -0.39 is 0 Å². The fourth-order valence-corrected chi connectivity index (χ4v) is 3.71. The van der Waals surface area contributed by atoms with Crippen molar-refractivity contribution in [3.63, 3.8) is 0 Å². The zero-order chi connectivity index (χ0) is 16.5. The molecule has 0 radical (unpaired) electrons. The lowest BCUT2D eigenvalue weighted by atomic mass is 9.89. The molecule has 3 aromatic rings. The SMILES string of the molecule is CC1=CCCC=C1c1ccc2c(-c3ccccc3C)cccc2c1. The van der Waals surface area contributed by atoms with Gasteiger partial charge in [-0.25, -0.2) is 0 Å². The molecule has 0 saturated heterocycles. The summed E-state index contributed by atoms with van der Waals surface area (Å²) in [6.45, 7) is 4.41. The van der Waals surface area contributed by atoms with Crippen LogP contribution in [-0.2, 0) is 0 Å². The Morgan fingerprint density at radius 1 is 0.708 bits per heavy atom. The third kappa shape index (κ3) is 2.59. The highest BCUT2D eigenvalue weighted by atomic mass is 14.1. The van der Waals surface area contributed by atoms with E-state index in [0.29, 0.717) is 0 Å². The van der Waals surface area contributed by atoms with Gasteiger partial charge in [0.25, 0.3) is 0 Å². The van der Waals surface area contributed by atoms with Crippen LogP contribution in [0.2, 0.25) is 0 Å². The monoisotopic (exact) mass is 310 g/mol. The Kier molecular flexibility index (Phi) is 3.82. The molecule has 0 aliphatic heterocycles. The number of rotatable bonds is 2. The summed E-state index contributed by atoms with van der Waals surface area (Å²) in [5, 5.41) is 2.64. The van der Waals surface area contributed by atoms with Crippen molar-refractivity contribution in [3.8, 4) is 11.1 Å². The second-order valence-corrected chi connectivity index (χ2v) is 6.64. The molecule has 24 heavy (non-hydrogen) atoms. The zero-order valence-electron chi connectivity index (χ0n) is 14.3. The summed E-state index contributed by atoms with van der Waals surface area (Å²) >= 11 is 0. The van der Waals surface area contributed by atoms with E-state index >= 15 is 0 Å². The second kappa shape index (κ2) is 6.13. The Bertz CT molecular complexity index is 970. The number of hydrogen-bond acceptors (Lipinski definition) is 0. The molecule has 1 aliphatic rings. The summed E-state index contributed by atoms with van der Waals surface area (Å²) in [6.07, 6.45) is 7.04. The molecule has 0 nitrogen and oxygen atoms in total. The number of aryl methyl sites for hydroxylation is 1. The first-order valence-corrected chi connectivity index (χ1v) is 8.70. The molecule has 4 rings (SSSR count). The van der Waals surface area contributed by atoms with Crippen LogP contribution in [0.4, 0.5) is 0 Å². The molecule has 0 heteroatoms. The van der Waals surface area contributed by atoms with Crippen molar-refractivity contribution in [1.29, 1.82) is 0 Å². The first-order valence-electron chi connectivity index (χ1n) is 8.70. The molecule has 0 bridgehead atoms. The van der Waals surface area contributed by atoms with Gasteiger partial charge in [-0.1, -0.05) is 66.7 Å². The Morgan fingerprint density at radius 2 is 1.50 bits per heavy atom. The molecule has 0 aromatic heterocycles. The van der Waals surface area contributed by atoms with Crippen molar-refractivity contribution in [2.75, 3.05) is 0 Å². The van der Waals surface area contributed by atoms with Gasteiger partial charge in [-0.15, -0.1) is 0 Å². The van der Waals surface area contributed by atoms with Gasteiger partial charge in [-0.3, -0.25) is 0 Å². The van der Waals surface area contributed by atoms with E-state index in [0.717, 1.165) is 6.42 Å². The standard InChI is InChI=1S/C24H22/c1-17-8-3-5-11-21(17)20-14-15-23-19(16-20)10-7-13-24(23)22-12-6-4-9-18(22)2/h4,6-16H,3,5H2,1-2H3. The van der Waals surface area contributed by atoms with Crippen LogP contribution in [0.25, 0.3) is 27.5 Å². The van der Waals surface area contributed by atoms with Gasteiger partial charge >= 0.3 is 0 Å². The molecule has 0 N–H and O–H groups in total. The predicted molar refractivity (Wildman–Crippen MR) is 105 cm³/mol. The number of allylic oxidation sites excluding steroid dienone is 4. The maximum Gasteiger partial charge on any atom is -0.0103 e. The Morgan fingerprint density at radius 3 is 2.33 bits per heavy atom. The van der Waals surface area contributed by atoms with Crippen molar-refractivity contribution < 1.29 is 0 Å². The summed E-state index contributed by atoms with van der Waals surface area (Å²) in [4.78, 5) is 0. The fraction of sp³-hybridized carbons (Fsp3) is 0.167. The first kappa shape index (κ1) is 15.0. The maximum atomic E-state index is 2.38. The van der Waals surface area contributed by atoms with Crippen LogP contribution in [0, 0.1) is 6.92 Å². The van der Waals surface area contributed by atoms with Crippen LogP contribution in [0.3, 0.4) is 0 Å². The normalized spacial score (nSPS) is 14.4. The van der Waals surface area contributed by atoms with Crippen LogP contribution >= 0.6 is 0 Å². The number of benzene rings is 3. The highest BCUT2D eigenvalue weighted by Gasteiger charge is 2.10. The summed E-state index contributed by atoms with van der Waals surface area (Å²) < 4.78 is 0. The largest absolute Gasteiger partial charge is 0.0807 e. The minimum atomic E-state index is 1.15. The van der Waals surface area contributed by atoms with Crippen LogP contribution in [0.1, 0.15) is 30.9 Å². The molecule has 0 atom stereocenters. The van der Waals surface area contributed by atoms with E-state index in [4.69, 9.17) is 0 Å². The first-order chi connectivity index (χ1) is 11.7. The second-order valence-electron chi connectivity index (χ2n) is 6.64. The Labute approximate surface area is 144 Å². The molecule has 0 saturated carbocycles. The van der Waals surface area contributed by atoms with Gasteiger partial charge in [-0.05, 0) is 76.9 Å². The average Bonchev–Trinajstić information content (AvgIpc) is 2.62. The topological polar surface area (TPSA) is 0 Å². The van der Waals surface area contributed by atoms with Crippen LogP contribution < -0.4 is 0 Å². The molecule has 0 amide bonds. The van der Waals surface area contributed by atoms with Gasteiger partial charge in [0.05, 0.1) is 0 Å². The van der Waals surface area contributed by atoms with E-state index in [1.807, 2.05) is 0 Å². The van der Waals surface area contributed by atoms with Crippen LogP contribution in [0.15, 0.2) is 78.4 Å². The Hall–Kier alpha value is -2.60. The van der Waals surface area contributed by atoms with Gasteiger partial charge in [0, 0.05) is 0 Å². The summed E-state index contributed by atoms with van der Waals surface area (Å²) in [7, 11) is 0. The fourth-order valence-electron chi connectivity index (χ4n) is 3.71. The van der Waals surface area contributed by atoms with E-state index in [1.165, 1.54) is 50.6 Å². The smallest absolute Gasteiger partial charge is 0.0103 e. The summed E-state index contributed by atoms with van der Waals surface area (Å²) in [5.74, 6) is 0. The lowest BCUT2D eigenvalue weighted by Gasteiger charge is -2.15. The van der Waals surface area contributed by atoms with E-state index in [9.17, 15) is 0 Å². The average molecular weight is 310 g/mol. The molecule has 0 fully saturated rings. The van der Waals surface area contributed by atoms with E-state index in [-0.39, 0.29) is 0 Å². The van der Waals surface area contributed by atoms with Crippen molar-refractivity contribution in [1.82, 2.24) is 0 Å². The lowest BCUT2D eigenvalue weighted by Crippen LogP contribution is -1.92. The maximum absolute atomic E-state index is 2.38. The van der Waals surface area contributed by atoms with Crippen molar-refractivity contribution >= 4 is 16.3 Å². The van der Waals surface area contributed by atoms with Crippen molar-refractivity contribution in [2.24, 2.45) is 0 Å². The molecule has 3 aromatic carbocycles. The summed E-state index contributed by atoms with van der Waals surface area (Å²) in [5.41, 5.74) is 8.09. The lowest BCUT2D eigenvalue weighted by molar-refractivity contribution is 1.02. The summed E-state index contributed by atoms with van der Waals surface area (Å²) in [6, 6.07) is 22.2. The molecule has 118 valence electrons. The minimum absolute atomic E-state index is 1.15. The predicted octanol–water partition coefficient (Wildman–Crippen LogP) is 6.94. The van der Waals surface area contributed by atoms with E-state index in [1.54, 1.807) is 0 Å². The van der Waals surface area contributed by atoms with Gasteiger partial charge in [0.2, 0.25) is 0 Å². The third-order valence-electron chi connectivity index (χ3n) is 5.02. The van der Waals surface area contributed by atoms with Gasteiger partial charge in [0.1, 0.15) is 0 Å². The molecule has 0 spiro atoms. The molecule has 1 aliphatic carbocycles. The minimum Gasteiger partial charge on any atom is -0.0807 e. The van der Waals surface area contributed by atoms with Crippen LogP contribution in [-0.4, -0.2) is 0 Å². The quantitative estimate of drug-likeness (QED) is 0.481. The molecular formula is C24H22. The van der Waals surface area contributed by atoms with Crippen molar-refractivity contribution in [2.45, 2.75) is 26.7 Å². The zero-order valence-corrected chi connectivity index (χ0v) is 14.3. The van der Waals surface area contributed by atoms with Gasteiger partial charge in [0.15, 0.2) is 0 Å². The molecule has 0 heterocycles. The number of fused-ring (bicyclic) bond motifs is 1. The van der Waals surface area contributed by atoms with Gasteiger partial charge < -0.3 is 0 Å². The molecule has 0 unspecified atom stereocenters. The highest BCUT2D eigenvalue weighted by Crippen LogP contribution is 2.34. The third-order valence-corrected chi connectivity index (χ3v) is 5.02. The highest BCUT2D eigenvalue weighted by molar-refractivity contribution is 5.99. The molecular weight excluding hydrogens is 288 g/mol. The van der Waals surface area contributed by atoms with Gasteiger partial charge in [-0.2, -0.15) is 0 Å². The number of hydrogen-bond donors (Lipinski definition) is 0. The van der Waals surface area contributed by atoms with E-state index in [2.05, 4.69) is 86.7 Å². The van der Waals surface area contributed by atoms with Crippen molar-refractivity contribution in [3.05, 3.63) is 89.5 Å². The Balaban J connectivity index is 1.87. The van der Waals surface area contributed by atoms with Crippen LogP contribution in [0.5, 0.6) is 0 Å².